The number of nitrogens with zero attached hydrogens (tertiary/aromatic N) is 3. The summed E-state index contributed by atoms with van der Waals surface area (Å²) in [6.07, 6.45) is 3.11. The van der Waals surface area contributed by atoms with Crippen LogP contribution < -0.4 is 0 Å². The highest BCUT2D eigenvalue weighted by molar-refractivity contribution is 6.31. The molecule has 0 aromatic carbocycles. The van der Waals surface area contributed by atoms with Crippen molar-refractivity contribution in [2.45, 2.75) is 19.9 Å². The number of esters is 1. The van der Waals surface area contributed by atoms with Gasteiger partial charge in [0.2, 0.25) is 0 Å². The number of rotatable bonds is 6. The minimum Gasteiger partial charge on any atom is -0.461 e. The van der Waals surface area contributed by atoms with Gasteiger partial charge in [0.15, 0.2) is 5.69 Å². The van der Waals surface area contributed by atoms with Crippen molar-refractivity contribution in [2.24, 2.45) is 0 Å². The SMILES string of the molecule is CCOC(=O)c1nn(Cc2cncc(F)c2)c(Cl)c1CC=O. The molecule has 0 unspecified atom stereocenters. The number of carbonyl (C=O) groups is 2. The van der Waals surface area contributed by atoms with Gasteiger partial charge in [0, 0.05) is 18.2 Å². The van der Waals surface area contributed by atoms with Crippen molar-refractivity contribution in [3.05, 3.63) is 46.3 Å². The Morgan fingerprint density at radius 2 is 2.27 bits per heavy atom. The number of ether oxygens (including phenoxy) is 1. The Labute approximate surface area is 130 Å². The van der Waals surface area contributed by atoms with Gasteiger partial charge in [-0.2, -0.15) is 5.10 Å². The van der Waals surface area contributed by atoms with Crippen molar-refractivity contribution >= 4 is 23.9 Å². The quantitative estimate of drug-likeness (QED) is 0.600. The third kappa shape index (κ3) is 3.48. The molecule has 0 aliphatic heterocycles. The molecule has 0 saturated carbocycles. The molecular formula is C14H13ClFN3O3. The predicted molar refractivity (Wildman–Crippen MR) is 76.3 cm³/mol. The number of carbonyl (C=O) groups excluding carboxylic acids is 2. The molecule has 2 aromatic rings. The maximum Gasteiger partial charge on any atom is 0.359 e. The van der Waals surface area contributed by atoms with Crippen LogP contribution in [0.1, 0.15) is 28.5 Å². The van der Waals surface area contributed by atoms with Crippen LogP contribution in [0.4, 0.5) is 4.39 Å². The topological polar surface area (TPSA) is 74.1 Å². The maximum atomic E-state index is 13.2. The summed E-state index contributed by atoms with van der Waals surface area (Å²) in [5.74, 6) is -1.14. The highest BCUT2D eigenvalue weighted by Gasteiger charge is 2.22. The largest absolute Gasteiger partial charge is 0.461 e. The number of hydrogen-bond acceptors (Lipinski definition) is 5. The molecule has 6 nitrogen and oxygen atoms in total. The smallest absolute Gasteiger partial charge is 0.359 e. The second kappa shape index (κ2) is 7.13. The van der Waals surface area contributed by atoms with Crippen LogP contribution in [0.3, 0.4) is 0 Å². The zero-order valence-corrected chi connectivity index (χ0v) is 12.5. The van der Waals surface area contributed by atoms with Crippen molar-refractivity contribution in [2.75, 3.05) is 6.61 Å². The summed E-state index contributed by atoms with van der Waals surface area (Å²) in [4.78, 5) is 26.4. The van der Waals surface area contributed by atoms with Gasteiger partial charge in [-0.3, -0.25) is 4.98 Å². The van der Waals surface area contributed by atoms with Gasteiger partial charge in [0.25, 0.3) is 0 Å². The molecule has 116 valence electrons. The first kappa shape index (κ1) is 16.1. The van der Waals surface area contributed by atoms with Gasteiger partial charge in [-0.1, -0.05) is 11.6 Å². The third-order valence-corrected chi connectivity index (χ3v) is 3.26. The first-order chi connectivity index (χ1) is 10.6. The van der Waals surface area contributed by atoms with Gasteiger partial charge in [0.1, 0.15) is 17.3 Å². The zero-order valence-electron chi connectivity index (χ0n) is 11.8. The highest BCUT2D eigenvalue weighted by Crippen LogP contribution is 2.22. The van der Waals surface area contributed by atoms with E-state index >= 15 is 0 Å². The van der Waals surface area contributed by atoms with E-state index in [9.17, 15) is 14.0 Å². The number of hydrogen-bond donors (Lipinski definition) is 0. The van der Waals surface area contributed by atoms with E-state index in [1.54, 1.807) is 6.92 Å². The summed E-state index contributed by atoms with van der Waals surface area (Å²) in [6, 6.07) is 1.29. The summed E-state index contributed by atoms with van der Waals surface area (Å²) >= 11 is 6.16. The van der Waals surface area contributed by atoms with Crippen molar-refractivity contribution in [3.8, 4) is 0 Å². The van der Waals surface area contributed by atoms with E-state index in [1.807, 2.05) is 0 Å². The van der Waals surface area contributed by atoms with Gasteiger partial charge in [-0.25, -0.2) is 13.9 Å². The average Bonchev–Trinajstić information content (AvgIpc) is 2.77. The molecule has 0 atom stereocenters. The molecule has 0 fully saturated rings. The molecule has 0 aliphatic rings. The Bertz CT molecular complexity index is 703. The molecule has 0 amide bonds. The lowest BCUT2D eigenvalue weighted by Crippen LogP contribution is -2.09. The van der Waals surface area contributed by atoms with Crippen LogP contribution in [0.25, 0.3) is 0 Å². The van der Waals surface area contributed by atoms with Gasteiger partial charge < -0.3 is 9.53 Å². The fourth-order valence-corrected chi connectivity index (χ4v) is 2.19. The number of halogens is 2. The Morgan fingerprint density at radius 3 is 2.91 bits per heavy atom. The van der Waals surface area contributed by atoms with Crippen LogP contribution in [0.5, 0.6) is 0 Å². The van der Waals surface area contributed by atoms with E-state index in [0.29, 0.717) is 17.4 Å². The molecule has 0 saturated heterocycles. The van der Waals surface area contributed by atoms with Gasteiger partial charge in [0.05, 0.1) is 19.3 Å². The molecule has 0 aliphatic carbocycles. The molecular weight excluding hydrogens is 313 g/mol. The Kier molecular flexibility index (Phi) is 5.21. The average molecular weight is 326 g/mol. The first-order valence-corrected chi connectivity index (χ1v) is 6.90. The van der Waals surface area contributed by atoms with Crippen LogP contribution in [0.15, 0.2) is 18.5 Å². The first-order valence-electron chi connectivity index (χ1n) is 6.52. The lowest BCUT2D eigenvalue weighted by molar-refractivity contribution is -0.107. The minimum absolute atomic E-state index is 0.0108. The van der Waals surface area contributed by atoms with E-state index in [-0.39, 0.29) is 30.4 Å². The summed E-state index contributed by atoms with van der Waals surface area (Å²) in [6.45, 7) is 1.96. The molecule has 0 spiro atoms. The van der Waals surface area contributed by atoms with E-state index in [1.165, 1.54) is 16.9 Å². The summed E-state index contributed by atoms with van der Waals surface area (Å²) in [7, 11) is 0. The molecule has 2 rings (SSSR count). The molecule has 0 N–H and O–H groups in total. The Hall–Kier alpha value is -2.28. The molecule has 0 bridgehead atoms. The molecule has 22 heavy (non-hydrogen) atoms. The van der Waals surface area contributed by atoms with Crippen molar-refractivity contribution in [3.63, 3.8) is 0 Å². The van der Waals surface area contributed by atoms with Gasteiger partial charge in [-0.05, 0) is 18.6 Å². The van der Waals surface area contributed by atoms with Crippen LogP contribution in [-0.2, 0) is 22.5 Å². The van der Waals surface area contributed by atoms with E-state index in [2.05, 4.69) is 10.1 Å². The standard InChI is InChI=1S/C14H13ClFN3O3/c1-2-22-14(21)12-11(3-4-20)13(15)19(18-12)8-9-5-10(16)7-17-6-9/h4-7H,2-3,8H2,1H3. The van der Waals surface area contributed by atoms with Gasteiger partial charge >= 0.3 is 5.97 Å². The maximum absolute atomic E-state index is 13.2. The molecule has 2 heterocycles. The summed E-state index contributed by atoms with van der Waals surface area (Å²) in [5.41, 5.74) is 0.806. The highest BCUT2D eigenvalue weighted by atomic mass is 35.5. The van der Waals surface area contributed by atoms with E-state index < -0.39 is 11.8 Å². The van der Waals surface area contributed by atoms with Gasteiger partial charge in [-0.15, -0.1) is 0 Å². The zero-order chi connectivity index (χ0) is 16.1. The van der Waals surface area contributed by atoms with Crippen LogP contribution in [0.2, 0.25) is 5.15 Å². The number of pyridine rings is 1. The minimum atomic E-state index is -0.655. The second-order valence-electron chi connectivity index (χ2n) is 4.38. The second-order valence-corrected chi connectivity index (χ2v) is 4.74. The van der Waals surface area contributed by atoms with E-state index in [4.69, 9.17) is 16.3 Å². The lowest BCUT2D eigenvalue weighted by atomic mass is 10.2. The number of aldehydes is 1. The normalized spacial score (nSPS) is 10.5. The fourth-order valence-electron chi connectivity index (χ4n) is 1.93. The Morgan fingerprint density at radius 1 is 1.50 bits per heavy atom. The molecule has 2 aromatic heterocycles. The van der Waals surface area contributed by atoms with Crippen LogP contribution >= 0.6 is 11.6 Å². The molecule has 0 radical (unpaired) electrons. The van der Waals surface area contributed by atoms with Crippen molar-refractivity contribution < 1.29 is 18.7 Å². The van der Waals surface area contributed by atoms with E-state index in [0.717, 1.165) is 6.20 Å². The Balaban J connectivity index is 2.37. The number of aromatic nitrogens is 3. The fraction of sp³-hybridized carbons (Fsp3) is 0.286. The predicted octanol–water partition coefficient (Wildman–Crippen LogP) is 2.04. The molecule has 8 heteroatoms. The third-order valence-electron chi connectivity index (χ3n) is 2.83. The van der Waals surface area contributed by atoms with Crippen LogP contribution in [0, 0.1) is 5.82 Å². The summed E-state index contributed by atoms with van der Waals surface area (Å²) < 4.78 is 19.4. The monoisotopic (exact) mass is 325 g/mol. The van der Waals surface area contributed by atoms with Crippen molar-refractivity contribution in [1.29, 1.82) is 0 Å². The summed E-state index contributed by atoms with van der Waals surface area (Å²) in [5, 5.41) is 4.21. The van der Waals surface area contributed by atoms with Crippen LogP contribution in [-0.4, -0.2) is 33.6 Å². The lowest BCUT2D eigenvalue weighted by Gasteiger charge is -2.03. The van der Waals surface area contributed by atoms with Crippen molar-refractivity contribution in [1.82, 2.24) is 14.8 Å².